The highest BCUT2D eigenvalue weighted by molar-refractivity contribution is 8.22. The zero-order valence-corrected chi connectivity index (χ0v) is 11.1. The Bertz CT molecular complexity index is 717. The Kier molecular flexibility index (Phi) is 2.55. The van der Waals surface area contributed by atoms with Gasteiger partial charge in [0.2, 0.25) is 0 Å². The fraction of sp³-hybridized carbons (Fsp3) is 0.250. The average Bonchev–Trinajstić information content (AvgIpc) is 2.87. The topological polar surface area (TPSA) is 26.2 Å². The molecule has 1 aromatic carbocycles. The summed E-state index contributed by atoms with van der Waals surface area (Å²) < 4.78 is 33.6. The minimum atomic E-state index is -0.275. The van der Waals surface area contributed by atoms with Crippen LogP contribution in [0.5, 0.6) is 0 Å². The van der Waals surface area contributed by atoms with E-state index in [0.29, 0.717) is 27.3 Å². The van der Waals surface area contributed by atoms with Crippen molar-refractivity contribution in [2.45, 2.75) is 6.54 Å². The predicted octanol–water partition coefficient (Wildman–Crippen LogP) is 2.44. The molecule has 0 aliphatic heterocycles. The van der Waals surface area contributed by atoms with E-state index < -0.39 is 0 Å². The molecule has 1 heterocycles. The third-order valence-electron chi connectivity index (χ3n) is 2.29. The van der Waals surface area contributed by atoms with E-state index in [1.165, 1.54) is 23.6 Å². The van der Waals surface area contributed by atoms with E-state index >= 15 is 0 Å². The number of nitrogens with zero attached hydrogens (tertiary/aromatic N) is 1. The van der Waals surface area contributed by atoms with Crippen molar-refractivity contribution < 1.29 is 10.3 Å². The number of rotatable bonds is 3. The summed E-state index contributed by atoms with van der Waals surface area (Å²) >= 11 is 6.49. The molecule has 5 heteroatoms. The number of hydrogen-bond acceptors (Lipinski definition) is 3. The molecule has 0 saturated carbocycles. The van der Waals surface area contributed by atoms with Gasteiger partial charge >= 0.3 is 0 Å². The fourth-order valence-corrected chi connectivity index (χ4v) is 1.78. The first-order valence-electron chi connectivity index (χ1n) is 6.88. The second-order valence-electron chi connectivity index (χ2n) is 3.23. The zero-order chi connectivity index (χ0) is 15.7. The van der Waals surface area contributed by atoms with Gasteiger partial charge in [0, 0.05) is 23.7 Å². The lowest BCUT2D eigenvalue weighted by atomic mass is 10.2. The van der Waals surface area contributed by atoms with Crippen LogP contribution in [0.3, 0.4) is 0 Å². The summed E-state index contributed by atoms with van der Waals surface area (Å²) in [6.45, 7) is 0.370. The number of hydrogen-bond donors (Lipinski definition) is 1. The number of benzene rings is 1. The number of para-hydroxylation sites is 1. The van der Waals surface area contributed by atoms with Gasteiger partial charge in [0.25, 0.3) is 0 Å². The van der Waals surface area contributed by atoms with Crippen molar-refractivity contribution in [2.75, 3.05) is 13.4 Å². The molecule has 2 rings (SSSR count). The first-order valence-corrected chi connectivity index (χ1v) is 6.52. The molecule has 0 bridgehead atoms. The maximum absolute atomic E-state index is 8.06. The highest BCUT2D eigenvalue weighted by Gasteiger charge is 2.08. The van der Waals surface area contributed by atoms with E-state index in [1.807, 2.05) is 6.26 Å². The van der Waals surface area contributed by atoms with Crippen molar-refractivity contribution in [1.29, 1.82) is 0 Å². The Balaban J connectivity index is 2.65. The van der Waals surface area contributed by atoms with Crippen LogP contribution in [0.25, 0.3) is 10.9 Å². The fourth-order valence-electron chi connectivity index (χ4n) is 1.49. The largest absolute Gasteiger partial charge is 0.417 e. The molecule has 90 valence electrons. The van der Waals surface area contributed by atoms with Gasteiger partial charge in [0.15, 0.2) is 0 Å². The first kappa shape index (κ1) is 8.00. The van der Waals surface area contributed by atoms with E-state index in [1.54, 1.807) is 6.20 Å². The second-order valence-corrected chi connectivity index (χ2v) is 4.71. The average molecular weight is 270 g/mol. The summed E-state index contributed by atoms with van der Waals surface area (Å²) in [5.74, 6) is 0. The Hall–Kier alpha value is -1.20. The van der Waals surface area contributed by atoms with E-state index in [0.717, 1.165) is 0 Å². The molecule has 1 aromatic heterocycles. The van der Waals surface area contributed by atoms with E-state index in [9.17, 15) is 0 Å². The molecule has 0 fully saturated rings. The molecule has 0 radical (unpaired) electrons. The lowest BCUT2D eigenvalue weighted by Gasteiger charge is -2.03. The minimum absolute atomic E-state index is 0.0753. The number of nitrogens with one attached hydrogen (secondary N) is 1. The van der Waals surface area contributed by atoms with Crippen molar-refractivity contribution in [1.82, 2.24) is 10.0 Å². The van der Waals surface area contributed by atoms with Crippen LogP contribution in [0.4, 0.5) is 0 Å². The smallest absolute Gasteiger partial charge is 0.133 e. The van der Waals surface area contributed by atoms with Gasteiger partial charge in [-0.25, -0.2) is 0 Å². The minimum Gasteiger partial charge on any atom is -0.417 e. The van der Waals surface area contributed by atoms with Gasteiger partial charge < -0.3 is 10.2 Å². The Morgan fingerprint density at radius 1 is 1.59 bits per heavy atom. The number of aromatic nitrogens is 1. The van der Waals surface area contributed by atoms with Gasteiger partial charge in [0.1, 0.15) is 11.4 Å². The summed E-state index contributed by atoms with van der Waals surface area (Å²) in [6.07, 6.45) is 3.51. The van der Waals surface area contributed by atoms with Gasteiger partial charge in [0.05, 0.1) is 11.0 Å². The van der Waals surface area contributed by atoms with E-state index in [2.05, 4.69) is 5.32 Å². The van der Waals surface area contributed by atoms with Crippen LogP contribution < -0.4 is 10.2 Å². The first-order chi connectivity index (χ1) is 9.92. The van der Waals surface area contributed by atoms with Crippen molar-refractivity contribution in [3.8, 4) is 0 Å². The van der Waals surface area contributed by atoms with Crippen LogP contribution in [-0.4, -0.2) is 22.4 Å². The summed E-state index contributed by atoms with van der Waals surface area (Å²) in [7, 11) is 1.45. The maximum atomic E-state index is 8.06. The molecule has 2 aromatic rings. The highest BCUT2D eigenvalue weighted by atomic mass is 32.2. The third-order valence-corrected chi connectivity index (χ3v) is 3.45. The maximum Gasteiger partial charge on any atom is 0.133 e. The normalized spacial score (nSPS) is 13.8. The number of fused-ring (bicyclic) bond motifs is 1. The molecule has 0 unspecified atom stereocenters. The Morgan fingerprint density at radius 2 is 2.35 bits per heavy atom. The van der Waals surface area contributed by atoms with Crippen LogP contribution in [0.15, 0.2) is 30.4 Å². The lowest BCUT2D eigenvalue weighted by Crippen LogP contribution is -2.17. The van der Waals surface area contributed by atoms with E-state index in [4.69, 9.17) is 22.5 Å². The Morgan fingerprint density at radius 3 is 3.06 bits per heavy atom. The van der Waals surface area contributed by atoms with Crippen LogP contribution in [0, 0.1) is 0 Å². The number of thiocarbonyl (C=S) groups is 1. The molecule has 0 aliphatic carbocycles. The zero-order valence-electron chi connectivity index (χ0n) is 13.5. The molecule has 0 spiro atoms. The quantitative estimate of drug-likeness (QED) is 0.867. The molecular formula is C12H14N2OS2. The molecule has 3 nitrogen and oxygen atoms in total. The summed E-state index contributed by atoms with van der Waals surface area (Å²) in [6, 6.07) is -0.724. The van der Waals surface area contributed by atoms with Crippen molar-refractivity contribution in [3.05, 3.63) is 35.9 Å². The molecule has 0 saturated heterocycles. The van der Waals surface area contributed by atoms with Crippen LogP contribution >= 0.6 is 24.0 Å². The van der Waals surface area contributed by atoms with Gasteiger partial charge in [-0.1, -0.05) is 30.3 Å². The van der Waals surface area contributed by atoms with Gasteiger partial charge in [-0.2, -0.15) is 4.73 Å². The van der Waals surface area contributed by atoms with Crippen molar-refractivity contribution in [3.63, 3.8) is 0 Å². The number of thioether (sulfide) groups is 1. The lowest BCUT2D eigenvalue weighted by molar-refractivity contribution is 0.179. The molecule has 0 atom stereocenters. The van der Waals surface area contributed by atoms with Gasteiger partial charge in [-0.15, -0.1) is 11.8 Å². The molecule has 0 aliphatic rings. The highest BCUT2D eigenvalue weighted by Crippen LogP contribution is 2.20. The molecular weight excluding hydrogens is 252 g/mol. The Labute approximate surface area is 116 Å². The van der Waals surface area contributed by atoms with Crippen molar-refractivity contribution in [2.24, 2.45) is 0 Å². The molecule has 1 N–H and O–H groups in total. The second kappa shape index (κ2) is 5.42. The summed E-state index contributed by atoms with van der Waals surface area (Å²) in [4.78, 5) is 5.17. The standard InChI is InChI=1S/C12H14N2OS2/c1-15-14-8-9(7-13-12(16)17-2)10-5-3-4-6-11(10)14/h3-6,8H,7H2,1-2H3,(H,13,16)/i3D,4D,5D,6D. The van der Waals surface area contributed by atoms with E-state index in [-0.39, 0.29) is 24.2 Å². The SMILES string of the molecule is [2H]c1c([2H])c([2H])c2c(c(CNC(=S)SC)cn2OC)c1[2H]. The van der Waals surface area contributed by atoms with Crippen LogP contribution in [0.2, 0.25) is 0 Å². The molecule has 0 amide bonds. The third kappa shape index (κ3) is 2.56. The predicted molar refractivity (Wildman–Crippen MR) is 77.4 cm³/mol. The van der Waals surface area contributed by atoms with Gasteiger partial charge in [-0.3, -0.25) is 0 Å². The monoisotopic (exact) mass is 270 g/mol. The van der Waals surface area contributed by atoms with Crippen molar-refractivity contribution >= 4 is 39.2 Å². The van der Waals surface area contributed by atoms with Gasteiger partial charge in [-0.05, 0) is 12.3 Å². The molecule has 17 heavy (non-hydrogen) atoms. The summed E-state index contributed by atoms with van der Waals surface area (Å²) in [5.41, 5.74) is 1.03. The van der Waals surface area contributed by atoms with Crippen LogP contribution in [0.1, 0.15) is 11.0 Å². The summed E-state index contributed by atoms with van der Waals surface area (Å²) in [5, 5.41) is 3.48. The van der Waals surface area contributed by atoms with Crippen LogP contribution in [-0.2, 0) is 6.54 Å².